The maximum absolute atomic E-state index is 6.03. The van der Waals surface area contributed by atoms with Crippen LogP contribution in [0.2, 0.25) is 0 Å². The summed E-state index contributed by atoms with van der Waals surface area (Å²) in [5.41, 5.74) is 8.24. The summed E-state index contributed by atoms with van der Waals surface area (Å²) in [5.74, 6) is 1.26. The summed E-state index contributed by atoms with van der Waals surface area (Å²) < 4.78 is 5.16. The van der Waals surface area contributed by atoms with Gasteiger partial charge in [-0.2, -0.15) is 0 Å². The Morgan fingerprint density at radius 1 is 1.07 bits per heavy atom. The second-order valence-corrected chi connectivity index (χ2v) is 6.79. The number of halogens is 1. The van der Waals surface area contributed by atoms with E-state index in [-0.39, 0.29) is 24.0 Å². The van der Waals surface area contributed by atoms with Crippen LogP contribution in [0.25, 0.3) is 0 Å². The van der Waals surface area contributed by atoms with Gasteiger partial charge in [-0.3, -0.25) is 9.89 Å². The third-order valence-electron chi connectivity index (χ3n) is 4.95. The zero-order chi connectivity index (χ0) is 19.1. The average molecular weight is 495 g/mol. The van der Waals surface area contributed by atoms with Gasteiger partial charge in [0.15, 0.2) is 5.96 Å². The molecule has 3 N–H and O–H groups in total. The van der Waals surface area contributed by atoms with Gasteiger partial charge in [0, 0.05) is 43.6 Å². The van der Waals surface area contributed by atoms with Crippen molar-refractivity contribution in [3.05, 3.63) is 54.6 Å². The van der Waals surface area contributed by atoms with Crippen molar-refractivity contribution < 1.29 is 4.74 Å². The largest absolute Gasteiger partial charge is 0.497 e. The van der Waals surface area contributed by atoms with Crippen molar-refractivity contribution >= 4 is 41.3 Å². The van der Waals surface area contributed by atoms with E-state index in [9.17, 15) is 0 Å². The van der Waals surface area contributed by atoms with E-state index in [2.05, 4.69) is 57.4 Å². The van der Waals surface area contributed by atoms with Gasteiger partial charge in [-0.25, -0.2) is 0 Å². The maximum atomic E-state index is 6.03. The number of rotatable bonds is 6. The molecule has 1 aliphatic heterocycles. The third kappa shape index (κ3) is 6.27. The Kier molecular flexibility index (Phi) is 8.85. The number of aliphatic imine (C=N–C) groups is 1. The molecule has 1 saturated heterocycles. The first-order valence-electron chi connectivity index (χ1n) is 9.41. The normalized spacial score (nSPS) is 16.2. The number of ether oxygens (including phenoxy) is 1. The number of hydrogen-bond acceptors (Lipinski definition) is 4. The molecule has 1 heterocycles. The fourth-order valence-electron chi connectivity index (χ4n) is 3.27. The Morgan fingerprint density at radius 2 is 1.71 bits per heavy atom. The van der Waals surface area contributed by atoms with Gasteiger partial charge in [0.25, 0.3) is 0 Å². The second kappa shape index (κ2) is 11.1. The molecule has 0 saturated carbocycles. The molecule has 2 aromatic carbocycles. The molecule has 0 spiro atoms. The Bertz CT molecular complexity index is 730. The highest BCUT2D eigenvalue weighted by Gasteiger charge is 2.20. The van der Waals surface area contributed by atoms with E-state index in [0.717, 1.165) is 37.6 Å². The fraction of sp³-hybridized carbons (Fsp3) is 0.381. The summed E-state index contributed by atoms with van der Waals surface area (Å²) in [4.78, 5) is 9.42. The summed E-state index contributed by atoms with van der Waals surface area (Å²) in [6.07, 6.45) is 0. The fourth-order valence-corrected chi connectivity index (χ4v) is 3.27. The van der Waals surface area contributed by atoms with E-state index < -0.39 is 0 Å². The SMILES string of the molecule is COc1ccc(NC(N)=NCC(C)N2CCN(c3ccccc3)CC2)cc1.I. The van der Waals surface area contributed by atoms with Crippen LogP contribution in [0.3, 0.4) is 0 Å². The van der Waals surface area contributed by atoms with Gasteiger partial charge in [0.1, 0.15) is 5.75 Å². The number of piperazine rings is 1. The molecule has 28 heavy (non-hydrogen) atoms. The highest BCUT2D eigenvalue weighted by molar-refractivity contribution is 14.0. The third-order valence-corrected chi connectivity index (χ3v) is 4.95. The average Bonchev–Trinajstić information content (AvgIpc) is 2.73. The minimum Gasteiger partial charge on any atom is -0.497 e. The number of methoxy groups -OCH3 is 1. The van der Waals surface area contributed by atoms with Crippen molar-refractivity contribution in [1.29, 1.82) is 0 Å². The van der Waals surface area contributed by atoms with Crippen LogP contribution in [0.1, 0.15) is 6.92 Å². The van der Waals surface area contributed by atoms with Crippen LogP contribution in [0.5, 0.6) is 5.75 Å². The predicted molar refractivity (Wildman–Crippen MR) is 128 cm³/mol. The molecule has 1 unspecified atom stereocenters. The highest BCUT2D eigenvalue weighted by Crippen LogP contribution is 2.17. The standard InChI is InChI=1S/C21H29N5O.HI/c1-17(16-23-21(22)24-18-8-10-20(27-2)11-9-18)25-12-14-26(15-13-25)19-6-4-3-5-7-19;/h3-11,17H,12-16H2,1-2H3,(H3,22,23,24);1H. The highest BCUT2D eigenvalue weighted by atomic mass is 127. The molecule has 0 radical (unpaired) electrons. The van der Waals surface area contributed by atoms with Crippen molar-refractivity contribution in [2.75, 3.05) is 50.1 Å². The van der Waals surface area contributed by atoms with E-state index in [1.807, 2.05) is 24.3 Å². The number of nitrogens with two attached hydrogens (primary N) is 1. The molecular weight excluding hydrogens is 465 g/mol. The molecule has 1 fully saturated rings. The molecule has 2 aromatic rings. The van der Waals surface area contributed by atoms with Gasteiger partial charge in [-0.1, -0.05) is 18.2 Å². The first kappa shape index (κ1) is 22.3. The van der Waals surface area contributed by atoms with Crippen molar-refractivity contribution in [1.82, 2.24) is 4.90 Å². The van der Waals surface area contributed by atoms with E-state index in [4.69, 9.17) is 10.5 Å². The minimum atomic E-state index is 0. The van der Waals surface area contributed by atoms with E-state index >= 15 is 0 Å². The van der Waals surface area contributed by atoms with Crippen LogP contribution < -0.4 is 20.7 Å². The molecule has 1 atom stereocenters. The lowest BCUT2D eigenvalue weighted by molar-refractivity contribution is 0.201. The van der Waals surface area contributed by atoms with Crippen LogP contribution in [0.15, 0.2) is 59.6 Å². The second-order valence-electron chi connectivity index (χ2n) is 6.79. The lowest BCUT2D eigenvalue weighted by atomic mass is 10.2. The van der Waals surface area contributed by atoms with E-state index in [0.29, 0.717) is 18.5 Å². The van der Waals surface area contributed by atoms with Crippen molar-refractivity contribution in [2.45, 2.75) is 13.0 Å². The van der Waals surface area contributed by atoms with Crippen LogP contribution in [-0.2, 0) is 0 Å². The molecule has 3 rings (SSSR count). The van der Waals surface area contributed by atoms with Crippen LogP contribution in [0.4, 0.5) is 11.4 Å². The topological polar surface area (TPSA) is 66.1 Å². The smallest absolute Gasteiger partial charge is 0.193 e. The van der Waals surface area contributed by atoms with Gasteiger partial charge < -0.3 is 20.7 Å². The van der Waals surface area contributed by atoms with Crippen LogP contribution >= 0.6 is 24.0 Å². The molecule has 0 amide bonds. The molecule has 0 bridgehead atoms. The van der Waals surface area contributed by atoms with Crippen LogP contribution in [0, 0.1) is 0 Å². The maximum Gasteiger partial charge on any atom is 0.193 e. The van der Waals surface area contributed by atoms with Crippen molar-refractivity contribution in [2.24, 2.45) is 10.7 Å². The summed E-state index contributed by atoms with van der Waals surface area (Å²) in [6.45, 7) is 7.05. The number of guanidine groups is 1. The molecule has 6 nitrogen and oxygen atoms in total. The van der Waals surface area contributed by atoms with Crippen LogP contribution in [-0.4, -0.2) is 56.7 Å². The molecular formula is C21H30IN5O. The van der Waals surface area contributed by atoms with E-state index in [1.165, 1.54) is 5.69 Å². The predicted octanol–water partition coefficient (Wildman–Crippen LogP) is 3.25. The Balaban J connectivity index is 0.00000280. The van der Waals surface area contributed by atoms with E-state index in [1.54, 1.807) is 7.11 Å². The number of hydrogen-bond donors (Lipinski definition) is 2. The van der Waals surface area contributed by atoms with Gasteiger partial charge in [-0.05, 0) is 43.3 Å². The molecule has 0 aliphatic carbocycles. The Morgan fingerprint density at radius 3 is 2.32 bits per heavy atom. The number of para-hydroxylation sites is 1. The quantitative estimate of drug-likeness (QED) is 0.366. The van der Waals surface area contributed by atoms with Gasteiger partial charge in [0.2, 0.25) is 0 Å². The number of nitrogens with one attached hydrogen (secondary N) is 1. The lowest BCUT2D eigenvalue weighted by Crippen LogP contribution is -2.50. The van der Waals surface area contributed by atoms with Gasteiger partial charge in [-0.15, -0.1) is 24.0 Å². The molecule has 152 valence electrons. The van der Waals surface area contributed by atoms with Crippen molar-refractivity contribution in [3.63, 3.8) is 0 Å². The summed E-state index contributed by atoms with van der Waals surface area (Å²) in [5, 5.41) is 3.13. The first-order valence-corrected chi connectivity index (χ1v) is 9.41. The molecule has 7 heteroatoms. The summed E-state index contributed by atoms with van der Waals surface area (Å²) in [6, 6.07) is 18.6. The number of nitrogens with zero attached hydrogens (tertiary/aromatic N) is 3. The molecule has 1 aliphatic rings. The zero-order valence-electron chi connectivity index (χ0n) is 16.5. The zero-order valence-corrected chi connectivity index (χ0v) is 18.9. The van der Waals surface area contributed by atoms with Crippen molar-refractivity contribution in [3.8, 4) is 5.75 Å². The van der Waals surface area contributed by atoms with Gasteiger partial charge >= 0.3 is 0 Å². The Hall–Kier alpha value is -2.00. The minimum absolute atomic E-state index is 0. The lowest BCUT2D eigenvalue weighted by Gasteiger charge is -2.38. The van der Waals surface area contributed by atoms with Gasteiger partial charge in [0.05, 0.1) is 13.7 Å². The Labute approximate surface area is 184 Å². The monoisotopic (exact) mass is 495 g/mol. The summed E-state index contributed by atoms with van der Waals surface area (Å²) in [7, 11) is 1.65. The molecule has 0 aromatic heterocycles. The summed E-state index contributed by atoms with van der Waals surface area (Å²) >= 11 is 0. The number of benzene rings is 2. The number of anilines is 2. The first-order chi connectivity index (χ1) is 13.2.